The highest BCUT2D eigenvalue weighted by Gasteiger charge is 2.28. The van der Waals surface area contributed by atoms with E-state index in [1.165, 1.54) is 49.3 Å². The molecule has 1 aromatic rings. The van der Waals surface area contributed by atoms with Crippen molar-refractivity contribution in [2.24, 2.45) is 5.92 Å². The van der Waals surface area contributed by atoms with Crippen molar-refractivity contribution in [3.63, 3.8) is 0 Å². The normalized spacial score (nSPS) is 21.9. The van der Waals surface area contributed by atoms with Crippen LogP contribution in [0.15, 0.2) is 0 Å². The first kappa shape index (κ1) is 14.8. The van der Waals surface area contributed by atoms with Crippen molar-refractivity contribution in [3.8, 4) is 0 Å². The lowest BCUT2D eigenvalue weighted by atomic mass is 9.96. The molecule has 0 bridgehead atoms. The van der Waals surface area contributed by atoms with E-state index in [2.05, 4.69) is 28.8 Å². The highest BCUT2D eigenvalue weighted by atomic mass is 15.2. The van der Waals surface area contributed by atoms with Gasteiger partial charge in [0.25, 0.3) is 0 Å². The third-order valence-corrected chi connectivity index (χ3v) is 4.97. The first-order valence-electron chi connectivity index (χ1n) is 8.47. The van der Waals surface area contributed by atoms with Crippen molar-refractivity contribution < 1.29 is 0 Å². The molecule has 1 aliphatic heterocycles. The van der Waals surface area contributed by atoms with Crippen LogP contribution in [0.2, 0.25) is 0 Å². The molecule has 1 unspecified atom stereocenters. The molecular formula is C17H28N4. The number of hydrogen-bond donors (Lipinski definition) is 0. The fourth-order valence-corrected chi connectivity index (χ4v) is 3.70. The van der Waals surface area contributed by atoms with E-state index in [0.717, 1.165) is 37.8 Å². The predicted molar refractivity (Wildman–Crippen MR) is 86.9 cm³/mol. The minimum Gasteiger partial charge on any atom is -0.356 e. The van der Waals surface area contributed by atoms with E-state index >= 15 is 0 Å². The van der Waals surface area contributed by atoms with Crippen LogP contribution in [0.5, 0.6) is 0 Å². The number of aromatic nitrogens is 2. The second kappa shape index (κ2) is 6.30. The molecule has 1 aromatic heterocycles. The zero-order valence-electron chi connectivity index (χ0n) is 13.7. The van der Waals surface area contributed by atoms with Gasteiger partial charge in [0.2, 0.25) is 0 Å². The monoisotopic (exact) mass is 288 g/mol. The summed E-state index contributed by atoms with van der Waals surface area (Å²) in [6.45, 7) is 8.93. The molecule has 2 aliphatic rings. The molecule has 1 aliphatic carbocycles. The van der Waals surface area contributed by atoms with Gasteiger partial charge in [-0.3, -0.25) is 0 Å². The Morgan fingerprint density at radius 1 is 1.24 bits per heavy atom. The largest absolute Gasteiger partial charge is 0.356 e. The van der Waals surface area contributed by atoms with Gasteiger partial charge in [0.15, 0.2) is 0 Å². The van der Waals surface area contributed by atoms with Crippen LogP contribution in [0.1, 0.15) is 43.3 Å². The van der Waals surface area contributed by atoms with Crippen molar-refractivity contribution in [3.05, 3.63) is 17.1 Å². The second-order valence-electron chi connectivity index (χ2n) is 6.68. The van der Waals surface area contributed by atoms with Crippen molar-refractivity contribution in [1.29, 1.82) is 0 Å². The fourth-order valence-electron chi connectivity index (χ4n) is 3.70. The van der Waals surface area contributed by atoms with Crippen LogP contribution in [0.3, 0.4) is 0 Å². The molecule has 0 spiro atoms. The van der Waals surface area contributed by atoms with Crippen molar-refractivity contribution in [2.75, 3.05) is 38.1 Å². The molecular weight excluding hydrogens is 260 g/mol. The molecule has 0 aromatic carbocycles. The molecule has 4 heteroatoms. The van der Waals surface area contributed by atoms with E-state index in [4.69, 9.17) is 4.98 Å². The summed E-state index contributed by atoms with van der Waals surface area (Å²) < 4.78 is 0. The fraction of sp³-hybridized carbons (Fsp3) is 0.765. The van der Waals surface area contributed by atoms with Gasteiger partial charge in [-0.2, -0.15) is 0 Å². The molecule has 0 saturated carbocycles. The van der Waals surface area contributed by atoms with Gasteiger partial charge in [0.1, 0.15) is 11.6 Å². The van der Waals surface area contributed by atoms with Crippen LogP contribution in [0, 0.1) is 12.8 Å². The lowest BCUT2D eigenvalue weighted by molar-refractivity contribution is 0.300. The maximum absolute atomic E-state index is 4.80. The summed E-state index contributed by atoms with van der Waals surface area (Å²) in [7, 11) is 2.22. The Bertz CT molecular complexity index is 500. The van der Waals surface area contributed by atoms with Gasteiger partial charge in [-0.05, 0) is 58.5 Å². The number of aryl methyl sites for hydroxylation is 2. The molecule has 0 radical (unpaired) electrons. The summed E-state index contributed by atoms with van der Waals surface area (Å²) in [5.41, 5.74) is 2.76. The quantitative estimate of drug-likeness (QED) is 0.852. The lowest BCUT2D eigenvalue weighted by Gasteiger charge is -2.25. The standard InChI is InChI=1S/C17H28N4/c1-4-20(3)11-14-9-10-21(12-14)17-15-7-5-6-8-16(15)18-13(2)19-17/h14H,4-12H2,1-3H3. The van der Waals surface area contributed by atoms with Crippen LogP contribution in [-0.4, -0.2) is 48.1 Å². The van der Waals surface area contributed by atoms with Crippen LogP contribution < -0.4 is 4.90 Å². The number of nitrogens with zero attached hydrogens (tertiary/aromatic N) is 4. The summed E-state index contributed by atoms with van der Waals surface area (Å²) in [6.07, 6.45) is 6.18. The van der Waals surface area contributed by atoms with Gasteiger partial charge in [-0.1, -0.05) is 6.92 Å². The Labute approximate surface area is 128 Å². The lowest BCUT2D eigenvalue weighted by Crippen LogP contribution is -2.29. The van der Waals surface area contributed by atoms with Crippen LogP contribution in [-0.2, 0) is 12.8 Å². The number of anilines is 1. The van der Waals surface area contributed by atoms with Crippen molar-refractivity contribution in [1.82, 2.24) is 14.9 Å². The number of rotatable bonds is 4. The first-order chi connectivity index (χ1) is 10.2. The van der Waals surface area contributed by atoms with Gasteiger partial charge in [0.05, 0.1) is 0 Å². The second-order valence-corrected chi connectivity index (χ2v) is 6.68. The Morgan fingerprint density at radius 3 is 2.86 bits per heavy atom. The molecule has 0 N–H and O–H groups in total. The van der Waals surface area contributed by atoms with Gasteiger partial charge >= 0.3 is 0 Å². The van der Waals surface area contributed by atoms with Crippen molar-refractivity contribution >= 4 is 5.82 Å². The minimum atomic E-state index is 0.782. The van der Waals surface area contributed by atoms with E-state index in [-0.39, 0.29) is 0 Å². The SMILES string of the molecule is CCN(C)CC1CCN(c2nc(C)nc3c2CCCC3)C1. The van der Waals surface area contributed by atoms with E-state index in [9.17, 15) is 0 Å². The van der Waals surface area contributed by atoms with E-state index in [1.54, 1.807) is 0 Å². The summed E-state index contributed by atoms with van der Waals surface area (Å²) >= 11 is 0. The highest BCUT2D eigenvalue weighted by molar-refractivity contribution is 5.51. The molecule has 1 fully saturated rings. The summed E-state index contributed by atoms with van der Waals surface area (Å²) in [4.78, 5) is 14.4. The topological polar surface area (TPSA) is 32.3 Å². The maximum atomic E-state index is 4.80. The maximum Gasteiger partial charge on any atom is 0.135 e. The summed E-state index contributed by atoms with van der Waals surface area (Å²) in [5, 5.41) is 0. The van der Waals surface area contributed by atoms with E-state index in [0.29, 0.717) is 0 Å². The Hall–Kier alpha value is -1.16. The van der Waals surface area contributed by atoms with Gasteiger partial charge < -0.3 is 9.80 Å². The molecule has 21 heavy (non-hydrogen) atoms. The van der Waals surface area contributed by atoms with Crippen LogP contribution in [0.25, 0.3) is 0 Å². The van der Waals surface area contributed by atoms with E-state index in [1.807, 2.05) is 6.92 Å². The zero-order valence-corrected chi connectivity index (χ0v) is 13.7. The Morgan fingerprint density at radius 2 is 2.05 bits per heavy atom. The average molecular weight is 288 g/mol. The van der Waals surface area contributed by atoms with Gasteiger partial charge in [-0.25, -0.2) is 9.97 Å². The van der Waals surface area contributed by atoms with E-state index < -0.39 is 0 Å². The third-order valence-electron chi connectivity index (χ3n) is 4.97. The molecule has 1 atom stereocenters. The average Bonchev–Trinajstić information content (AvgIpc) is 2.94. The molecule has 3 rings (SSSR count). The predicted octanol–water partition coefficient (Wildman–Crippen LogP) is 2.44. The smallest absolute Gasteiger partial charge is 0.135 e. The zero-order chi connectivity index (χ0) is 14.8. The van der Waals surface area contributed by atoms with Gasteiger partial charge in [-0.15, -0.1) is 0 Å². The molecule has 116 valence electrons. The van der Waals surface area contributed by atoms with Crippen LogP contribution >= 0.6 is 0 Å². The molecule has 1 saturated heterocycles. The van der Waals surface area contributed by atoms with Gasteiger partial charge in [0, 0.05) is 30.9 Å². The summed E-state index contributed by atoms with van der Waals surface area (Å²) in [5.74, 6) is 2.98. The summed E-state index contributed by atoms with van der Waals surface area (Å²) in [6, 6.07) is 0. The minimum absolute atomic E-state index is 0.782. The molecule has 2 heterocycles. The highest BCUT2D eigenvalue weighted by Crippen LogP contribution is 2.31. The number of fused-ring (bicyclic) bond motifs is 1. The Balaban J connectivity index is 1.77. The first-order valence-corrected chi connectivity index (χ1v) is 8.47. The number of hydrogen-bond acceptors (Lipinski definition) is 4. The Kier molecular flexibility index (Phi) is 4.43. The molecule has 0 amide bonds. The van der Waals surface area contributed by atoms with Crippen molar-refractivity contribution in [2.45, 2.75) is 46.0 Å². The molecule has 4 nitrogen and oxygen atoms in total. The third kappa shape index (κ3) is 3.20. The van der Waals surface area contributed by atoms with Crippen LogP contribution in [0.4, 0.5) is 5.82 Å².